The number of nitrogens with two attached hydrogens (primary N) is 1. The lowest BCUT2D eigenvalue weighted by atomic mass is 9.88. The number of ether oxygens (including phenoxy) is 1. The molecule has 3 aromatic carbocycles. The highest BCUT2D eigenvalue weighted by Gasteiger charge is 2.28. The van der Waals surface area contributed by atoms with Gasteiger partial charge in [-0.1, -0.05) is 95.7 Å². The normalized spacial score (nSPS) is 13.9. The van der Waals surface area contributed by atoms with Gasteiger partial charge in [-0.2, -0.15) is 0 Å². The molecule has 2 amide bonds. The molecule has 0 bridgehead atoms. The molecule has 202 valence electrons. The topological polar surface area (TPSA) is 80.5 Å². The summed E-state index contributed by atoms with van der Waals surface area (Å²) in [6, 6.07) is 28.7. The van der Waals surface area contributed by atoms with Crippen LogP contribution in [0, 0.1) is 0 Å². The van der Waals surface area contributed by atoms with Crippen molar-refractivity contribution in [2.75, 3.05) is 25.1 Å². The maximum atomic E-state index is 13.7. The largest absolute Gasteiger partial charge is 0.381 e. The molecule has 0 unspecified atom stereocenters. The number of amides is 2. The standard InChI is InChI=1S/C30H31ClN4O2S2/c31-28-27(23-11-13-25(39-32)14-12-23)33-29(38-28)34-30(36)35(24-16-19-37-20-17-24)18-15-26(21-7-3-1-4-8-21)22-9-5-2-6-10-22/h1-14,24,26H,15-20,32H2,(H,33,34,36). The predicted octanol–water partition coefficient (Wildman–Crippen LogP) is 7.66. The summed E-state index contributed by atoms with van der Waals surface area (Å²) in [6.45, 7) is 1.91. The van der Waals surface area contributed by atoms with Gasteiger partial charge in [0.2, 0.25) is 0 Å². The Morgan fingerprint density at radius 3 is 2.23 bits per heavy atom. The van der Waals surface area contributed by atoms with Gasteiger partial charge in [0.25, 0.3) is 0 Å². The number of nitrogens with one attached hydrogen (secondary N) is 1. The number of hydrogen-bond acceptors (Lipinski definition) is 6. The second-order valence-corrected chi connectivity index (χ2v) is 11.7. The smallest absolute Gasteiger partial charge is 0.323 e. The lowest BCUT2D eigenvalue weighted by Gasteiger charge is -2.35. The Bertz CT molecular complexity index is 1310. The molecule has 3 N–H and O–H groups in total. The van der Waals surface area contributed by atoms with Crippen LogP contribution in [0.3, 0.4) is 0 Å². The first kappa shape index (κ1) is 27.7. The van der Waals surface area contributed by atoms with E-state index in [2.05, 4.69) is 58.8 Å². The number of urea groups is 1. The Morgan fingerprint density at radius 1 is 1.03 bits per heavy atom. The van der Waals surface area contributed by atoms with Crippen molar-refractivity contribution >= 4 is 46.0 Å². The summed E-state index contributed by atoms with van der Waals surface area (Å²) in [5, 5.41) is 9.17. The Balaban J connectivity index is 1.35. The van der Waals surface area contributed by atoms with Crippen LogP contribution in [0.1, 0.15) is 36.3 Å². The molecular formula is C30H31ClN4O2S2. The van der Waals surface area contributed by atoms with Crippen LogP contribution in [-0.2, 0) is 4.74 Å². The molecule has 9 heteroatoms. The molecule has 6 nitrogen and oxygen atoms in total. The van der Waals surface area contributed by atoms with Crippen LogP contribution in [0.4, 0.5) is 9.93 Å². The van der Waals surface area contributed by atoms with Crippen LogP contribution in [0.2, 0.25) is 4.34 Å². The number of nitrogens with zero attached hydrogens (tertiary/aromatic N) is 2. The quantitative estimate of drug-likeness (QED) is 0.199. The van der Waals surface area contributed by atoms with Gasteiger partial charge in [0.05, 0.1) is 0 Å². The zero-order chi connectivity index (χ0) is 27.0. The van der Waals surface area contributed by atoms with Gasteiger partial charge in [-0.25, -0.2) is 9.78 Å². The number of aromatic nitrogens is 1. The van der Waals surface area contributed by atoms with Gasteiger partial charge in [-0.05, 0) is 54.5 Å². The molecule has 2 heterocycles. The minimum Gasteiger partial charge on any atom is -0.381 e. The van der Waals surface area contributed by atoms with Crippen LogP contribution < -0.4 is 10.5 Å². The highest BCUT2D eigenvalue weighted by atomic mass is 35.5. The molecule has 1 fully saturated rings. The molecule has 39 heavy (non-hydrogen) atoms. The molecule has 1 aromatic heterocycles. The number of benzene rings is 3. The molecular weight excluding hydrogens is 548 g/mol. The summed E-state index contributed by atoms with van der Waals surface area (Å²) in [5.41, 5.74) is 4.01. The number of carbonyl (C=O) groups is 1. The summed E-state index contributed by atoms with van der Waals surface area (Å²) in [6.07, 6.45) is 2.42. The van der Waals surface area contributed by atoms with Crippen molar-refractivity contribution < 1.29 is 9.53 Å². The first-order valence-electron chi connectivity index (χ1n) is 13.0. The van der Waals surface area contributed by atoms with Gasteiger partial charge in [0.1, 0.15) is 10.0 Å². The average molecular weight is 579 g/mol. The Kier molecular flexibility index (Phi) is 9.55. The van der Waals surface area contributed by atoms with Crippen LogP contribution >= 0.6 is 34.9 Å². The molecule has 1 aliphatic rings. The second kappa shape index (κ2) is 13.5. The van der Waals surface area contributed by atoms with Gasteiger partial charge in [0.15, 0.2) is 5.13 Å². The summed E-state index contributed by atoms with van der Waals surface area (Å²) in [4.78, 5) is 21.3. The van der Waals surface area contributed by atoms with E-state index in [1.54, 1.807) is 0 Å². The minimum absolute atomic E-state index is 0.0992. The first-order chi connectivity index (χ1) is 19.1. The van der Waals surface area contributed by atoms with Crippen molar-refractivity contribution in [2.24, 2.45) is 5.14 Å². The predicted molar refractivity (Wildman–Crippen MR) is 162 cm³/mol. The van der Waals surface area contributed by atoms with E-state index in [0.29, 0.717) is 34.9 Å². The van der Waals surface area contributed by atoms with Crippen LogP contribution in [-0.4, -0.2) is 41.7 Å². The van der Waals surface area contributed by atoms with Gasteiger partial charge >= 0.3 is 6.03 Å². The monoisotopic (exact) mass is 578 g/mol. The Hall–Kier alpha value is -2.88. The van der Waals surface area contributed by atoms with Gasteiger partial charge in [-0.15, -0.1) is 0 Å². The fraction of sp³-hybridized carbons (Fsp3) is 0.267. The third-order valence-electron chi connectivity index (χ3n) is 7.02. The highest BCUT2D eigenvalue weighted by Crippen LogP contribution is 2.36. The first-order valence-corrected chi connectivity index (χ1v) is 15.1. The zero-order valence-corrected chi connectivity index (χ0v) is 23.9. The third kappa shape index (κ3) is 7.01. The van der Waals surface area contributed by atoms with E-state index in [0.717, 1.165) is 29.7 Å². The molecule has 4 aromatic rings. The number of carbonyl (C=O) groups excluding carboxylic acids is 1. The van der Waals surface area contributed by atoms with E-state index in [1.165, 1.54) is 34.4 Å². The summed E-state index contributed by atoms with van der Waals surface area (Å²) in [7, 11) is 0. The molecule has 0 aliphatic carbocycles. The van der Waals surface area contributed by atoms with Gasteiger partial charge in [-0.3, -0.25) is 10.5 Å². The molecule has 0 radical (unpaired) electrons. The lowest BCUT2D eigenvalue weighted by molar-refractivity contribution is 0.0475. The third-order valence-corrected chi connectivity index (χ3v) is 8.73. The van der Waals surface area contributed by atoms with Crippen molar-refractivity contribution in [1.82, 2.24) is 9.88 Å². The van der Waals surface area contributed by atoms with Gasteiger partial charge < -0.3 is 9.64 Å². The lowest BCUT2D eigenvalue weighted by Crippen LogP contribution is -2.46. The van der Waals surface area contributed by atoms with Crippen molar-refractivity contribution in [3.05, 3.63) is 100 Å². The molecule has 0 saturated carbocycles. The van der Waals surface area contributed by atoms with E-state index in [4.69, 9.17) is 21.5 Å². The van der Waals surface area contributed by atoms with E-state index in [-0.39, 0.29) is 18.0 Å². The molecule has 5 rings (SSSR count). The number of anilines is 1. The summed E-state index contributed by atoms with van der Waals surface area (Å²) >= 11 is 9.01. The van der Waals surface area contributed by atoms with Crippen LogP contribution in [0.25, 0.3) is 11.3 Å². The summed E-state index contributed by atoms with van der Waals surface area (Å²) < 4.78 is 6.13. The SMILES string of the molecule is NSc1ccc(-c2nc(NC(=O)N(CCC(c3ccccc3)c3ccccc3)C3CCOCC3)sc2Cl)cc1. The van der Waals surface area contributed by atoms with Crippen molar-refractivity contribution in [2.45, 2.75) is 36.1 Å². The summed E-state index contributed by atoms with van der Waals surface area (Å²) in [5.74, 6) is 0.179. The van der Waals surface area contributed by atoms with Crippen molar-refractivity contribution in [1.29, 1.82) is 0 Å². The molecule has 0 atom stereocenters. The number of hydrogen-bond donors (Lipinski definition) is 2. The zero-order valence-electron chi connectivity index (χ0n) is 21.5. The van der Waals surface area contributed by atoms with Crippen LogP contribution in [0.15, 0.2) is 89.8 Å². The van der Waals surface area contributed by atoms with E-state index in [1.807, 2.05) is 41.3 Å². The average Bonchev–Trinajstić information content (AvgIpc) is 3.36. The second-order valence-electron chi connectivity index (χ2n) is 9.41. The molecule has 0 spiro atoms. The maximum absolute atomic E-state index is 13.7. The molecule has 1 aliphatic heterocycles. The van der Waals surface area contributed by atoms with E-state index >= 15 is 0 Å². The number of halogens is 1. The number of thiazole rings is 1. The molecule has 1 saturated heterocycles. The number of rotatable bonds is 9. The fourth-order valence-electron chi connectivity index (χ4n) is 5.00. The Labute approximate surface area is 242 Å². The Morgan fingerprint density at radius 2 is 1.64 bits per heavy atom. The van der Waals surface area contributed by atoms with Crippen LogP contribution in [0.5, 0.6) is 0 Å². The van der Waals surface area contributed by atoms with Crippen molar-refractivity contribution in [3.8, 4) is 11.3 Å². The minimum atomic E-state index is -0.159. The maximum Gasteiger partial charge on any atom is 0.323 e. The van der Waals surface area contributed by atoms with E-state index < -0.39 is 0 Å². The fourth-order valence-corrected chi connectivity index (χ4v) is 6.37. The highest BCUT2D eigenvalue weighted by molar-refractivity contribution is 7.97. The van der Waals surface area contributed by atoms with Crippen molar-refractivity contribution in [3.63, 3.8) is 0 Å². The van der Waals surface area contributed by atoms with Gasteiger partial charge in [0, 0.05) is 42.2 Å². The van der Waals surface area contributed by atoms with E-state index in [9.17, 15) is 4.79 Å².